The zero-order valence-corrected chi connectivity index (χ0v) is 8.41. The summed E-state index contributed by atoms with van der Waals surface area (Å²) >= 11 is -0.226. The Bertz CT molecular complexity index is 126. The van der Waals surface area contributed by atoms with Crippen molar-refractivity contribution >= 4 is 19.4 Å². The van der Waals surface area contributed by atoms with Crippen LogP contribution < -0.4 is 0 Å². The number of hydrogen-bond donors (Lipinski definition) is 0. The van der Waals surface area contributed by atoms with Crippen molar-refractivity contribution in [1.82, 2.24) is 0 Å². The Morgan fingerprint density at radius 2 is 1.30 bits per heavy atom. The summed E-state index contributed by atoms with van der Waals surface area (Å²) in [5.41, 5.74) is 0. The third kappa shape index (κ3) is 2.38. The van der Waals surface area contributed by atoms with Crippen molar-refractivity contribution in [1.29, 1.82) is 0 Å². The summed E-state index contributed by atoms with van der Waals surface area (Å²) in [5, 5.41) is 0. The molecule has 0 saturated heterocycles. The minimum atomic E-state index is -0.226. The molecule has 59 valence electrons. The zero-order chi connectivity index (χ0) is 7.40. The van der Waals surface area contributed by atoms with E-state index in [1.807, 2.05) is 0 Å². The van der Waals surface area contributed by atoms with Crippen LogP contribution in [-0.4, -0.2) is 0 Å². The van der Waals surface area contributed by atoms with Crippen molar-refractivity contribution < 1.29 is 15.1 Å². The normalized spacial score (nSPS) is 32.6. The molecule has 0 aromatic carbocycles. The van der Waals surface area contributed by atoms with Crippen LogP contribution in [0, 0.1) is 11.8 Å². The van der Waals surface area contributed by atoms with Crippen LogP contribution in [0.5, 0.6) is 0 Å². The molecule has 2 rings (SSSR count). The molecular formula is C7H8Cl2Rh. The molecule has 2 aliphatic carbocycles. The van der Waals surface area contributed by atoms with Crippen molar-refractivity contribution in [3.05, 3.63) is 24.3 Å². The number of allylic oxidation sites excluding steroid dienone is 4. The SMILES string of the molecule is C1=CC2C=CC1C2.[Cl][Rh][Cl]. The van der Waals surface area contributed by atoms with Crippen molar-refractivity contribution in [2.24, 2.45) is 11.8 Å². The van der Waals surface area contributed by atoms with Crippen molar-refractivity contribution in [2.75, 3.05) is 0 Å². The van der Waals surface area contributed by atoms with Crippen LogP contribution in [0.3, 0.4) is 0 Å². The Kier molecular flexibility index (Phi) is 3.98. The van der Waals surface area contributed by atoms with E-state index < -0.39 is 0 Å². The molecule has 0 fully saturated rings. The minimum absolute atomic E-state index is 0.226. The number of fused-ring (bicyclic) bond motifs is 2. The molecule has 0 atom stereocenters. The van der Waals surface area contributed by atoms with Gasteiger partial charge in [-0.2, -0.15) is 0 Å². The number of hydrogen-bond acceptors (Lipinski definition) is 0. The third-order valence-corrected chi connectivity index (χ3v) is 1.76. The fraction of sp³-hybridized carbons (Fsp3) is 0.429. The van der Waals surface area contributed by atoms with Gasteiger partial charge in [-0.1, -0.05) is 24.3 Å². The molecule has 0 nitrogen and oxygen atoms in total. The Balaban J connectivity index is 0.000000148. The second kappa shape index (κ2) is 4.54. The van der Waals surface area contributed by atoms with Crippen LogP contribution in [0.2, 0.25) is 0 Å². The van der Waals surface area contributed by atoms with E-state index in [1.54, 1.807) is 0 Å². The van der Waals surface area contributed by atoms with Crippen LogP contribution in [0.25, 0.3) is 0 Å². The fourth-order valence-corrected chi connectivity index (χ4v) is 1.33. The second-order valence-corrected chi connectivity index (χ2v) is 4.87. The van der Waals surface area contributed by atoms with Gasteiger partial charge in [-0.25, -0.2) is 0 Å². The molecule has 0 heterocycles. The van der Waals surface area contributed by atoms with E-state index in [9.17, 15) is 0 Å². The third-order valence-electron chi connectivity index (χ3n) is 1.76. The summed E-state index contributed by atoms with van der Waals surface area (Å²) in [7, 11) is 9.67. The Hall–Kier alpha value is 0.683. The maximum atomic E-state index is 4.83. The van der Waals surface area contributed by atoms with Gasteiger partial charge in [0.15, 0.2) is 0 Å². The van der Waals surface area contributed by atoms with Gasteiger partial charge < -0.3 is 0 Å². The molecular weight excluding hydrogens is 258 g/mol. The van der Waals surface area contributed by atoms with Gasteiger partial charge in [-0.05, 0) is 18.3 Å². The van der Waals surface area contributed by atoms with Crippen LogP contribution in [-0.2, 0) is 15.1 Å². The van der Waals surface area contributed by atoms with Crippen LogP contribution in [0.4, 0.5) is 0 Å². The molecule has 10 heavy (non-hydrogen) atoms. The monoisotopic (exact) mass is 265 g/mol. The second-order valence-electron chi connectivity index (χ2n) is 2.38. The van der Waals surface area contributed by atoms with E-state index in [-0.39, 0.29) is 15.1 Å². The van der Waals surface area contributed by atoms with Gasteiger partial charge in [-0.15, -0.1) is 0 Å². The molecule has 0 saturated carbocycles. The van der Waals surface area contributed by atoms with E-state index in [1.165, 1.54) is 6.42 Å². The molecule has 2 aliphatic rings. The first kappa shape index (κ1) is 8.78. The van der Waals surface area contributed by atoms with Crippen molar-refractivity contribution in [3.8, 4) is 0 Å². The molecule has 0 radical (unpaired) electrons. The average Bonchev–Trinajstić information content (AvgIpc) is 2.49. The Morgan fingerprint density at radius 1 is 1.00 bits per heavy atom. The van der Waals surface area contributed by atoms with E-state index >= 15 is 0 Å². The molecule has 2 bridgehead atoms. The molecule has 0 N–H and O–H groups in total. The van der Waals surface area contributed by atoms with Gasteiger partial charge in [0.25, 0.3) is 0 Å². The van der Waals surface area contributed by atoms with Gasteiger partial charge in [0, 0.05) is 0 Å². The summed E-state index contributed by atoms with van der Waals surface area (Å²) < 4.78 is 0. The van der Waals surface area contributed by atoms with Crippen LogP contribution >= 0.6 is 19.4 Å². The van der Waals surface area contributed by atoms with Gasteiger partial charge in [0.1, 0.15) is 0 Å². The summed E-state index contributed by atoms with van der Waals surface area (Å²) in [6.07, 6.45) is 10.5. The fourth-order valence-electron chi connectivity index (χ4n) is 1.33. The Morgan fingerprint density at radius 3 is 1.40 bits per heavy atom. The van der Waals surface area contributed by atoms with Crippen LogP contribution in [0.1, 0.15) is 6.42 Å². The number of halogens is 2. The first-order chi connectivity index (χ1) is 4.86. The summed E-state index contributed by atoms with van der Waals surface area (Å²) in [6.45, 7) is 0. The number of rotatable bonds is 0. The summed E-state index contributed by atoms with van der Waals surface area (Å²) in [5.74, 6) is 1.62. The molecule has 0 unspecified atom stereocenters. The van der Waals surface area contributed by atoms with E-state index in [4.69, 9.17) is 19.4 Å². The topological polar surface area (TPSA) is 0 Å². The van der Waals surface area contributed by atoms with Gasteiger partial charge in [0.2, 0.25) is 0 Å². The maximum absolute atomic E-state index is 4.83. The summed E-state index contributed by atoms with van der Waals surface area (Å²) in [4.78, 5) is 0. The first-order valence-corrected chi connectivity index (χ1v) is 7.29. The molecule has 0 amide bonds. The molecule has 3 heteroatoms. The summed E-state index contributed by atoms with van der Waals surface area (Å²) in [6, 6.07) is 0. The van der Waals surface area contributed by atoms with Gasteiger partial charge >= 0.3 is 34.5 Å². The Labute approximate surface area is 77.0 Å². The molecule has 0 aliphatic heterocycles. The van der Waals surface area contributed by atoms with E-state index in [2.05, 4.69) is 24.3 Å². The molecule has 0 aromatic heterocycles. The predicted octanol–water partition coefficient (Wildman–Crippen LogP) is 3.13. The van der Waals surface area contributed by atoms with Gasteiger partial charge in [0.05, 0.1) is 0 Å². The predicted molar refractivity (Wildman–Crippen MR) is 41.6 cm³/mol. The standard InChI is InChI=1S/C7H8.2ClH.Rh/c1-2-7-4-3-6(1)5-7;;;/h1-4,6-7H,5H2;2*1H;/q;;;+2/p-2. The molecule has 0 aromatic rings. The quantitative estimate of drug-likeness (QED) is 0.466. The first-order valence-electron chi connectivity index (χ1n) is 3.07. The van der Waals surface area contributed by atoms with Gasteiger partial charge in [-0.3, -0.25) is 0 Å². The van der Waals surface area contributed by atoms with Crippen molar-refractivity contribution in [3.63, 3.8) is 0 Å². The van der Waals surface area contributed by atoms with E-state index in [0.717, 1.165) is 11.8 Å². The van der Waals surface area contributed by atoms with E-state index in [0.29, 0.717) is 0 Å². The molecule has 0 spiro atoms. The van der Waals surface area contributed by atoms with Crippen molar-refractivity contribution in [2.45, 2.75) is 6.42 Å². The van der Waals surface area contributed by atoms with Crippen LogP contribution in [0.15, 0.2) is 24.3 Å². The average molecular weight is 266 g/mol. The zero-order valence-electron chi connectivity index (χ0n) is 5.26.